The van der Waals surface area contributed by atoms with Crippen LogP contribution < -0.4 is 10.6 Å². The van der Waals surface area contributed by atoms with E-state index in [1.165, 1.54) is 12.3 Å². The Kier molecular flexibility index (Phi) is 3.69. The molecule has 2 N–H and O–H groups in total. The molecule has 2 heterocycles. The summed E-state index contributed by atoms with van der Waals surface area (Å²) < 4.78 is 0. The molecular formula is C18H22N4. The van der Waals surface area contributed by atoms with Crippen LogP contribution in [0.25, 0.3) is 0 Å². The summed E-state index contributed by atoms with van der Waals surface area (Å²) in [5.41, 5.74) is 2.17. The largest absolute Gasteiger partial charge is 0.376 e. The molecule has 0 amide bonds. The van der Waals surface area contributed by atoms with Gasteiger partial charge in [0.15, 0.2) is 0 Å². The molecule has 1 aromatic rings. The minimum absolute atomic E-state index is 0.281. The van der Waals surface area contributed by atoms with Crippen LogP contribution in [0, 0.1) is 5.92 Å². The van der Waals surface area contributed by atoms with Gasteiger partial charge in [0, 0.05) is 19.6 Å². The Bertz CT molecular complexity index is 624. The SMILES string of the molecule is C1=CC2Nc3ccccc3N=C(N3CCCNCC3)C2C=C1. The standard InChI is InChI=1S/C18H22N4/c1-2-7-15-14(6-1)18(22-12-5-10-19-11-13-22)21-17-9-4-3-8-16(17)20-15/h1-4,6-9,14-15,19-20H,5,10-13H2. The van der Waals surface area contributed by atoms with E-state index in [4.69, 9.17) is 4.99 Å². The zero-order valence-electron chi connectivity index (χ0n) is 12.7. The van der Waals surface area contributed by atoms with E-state index in [1.807, 2.05) is 0 Å². The van der Waals surface area contributed by atoms with Gasteiger partial charge in [-0.3, -0.25) is 0 Å². The fraction of sp³-hybridized carbons (Fsp3) is 0.389. The van der Waals surface area contributed by atoms with Gasteiger partial charge in [-0.25, -0.2) is 4.99 Å². The number of para-hydroxylation sites is 2. The van der Waals surface area contributed by atoms with E-state index in [0.717, 1.165) is 37.6 Å². The van der Waals surface area contributed by atoms with Crippen LogP contribution in [-0.4, -0.2) is 43.0 Å². The zero-order chi connectivity index (χ0) is 14.8. The van der Waals surface area contributed by atoms with Gasteiger partial charge < -0.3 is 15.5 Å². The predicted molar refractivity (Wildman–Crippen MR) is 91.8 cm³/mol. The highest BCUT2D eigenvalue weighted by atomic mass is 15.2. The average molecular weight is 294 g/mol. The van der Waals surface area contributed by atoms with Crippen LogP contribution in [0.5, 0.6) is 0 Å². The van der Waals surface area contributed by atoms with Crippen LogP contribution in [0.1, 0.15) is 6.42 Å². The highest BCUT2D eigenvalue weighted by Gasteiger charge is 2.30. The third-order valence-electron chi connectivity index (χ3n) is 4.56. The highest BCUT2D eigenvalue weighted by Crippen LogP contribution is 2.33. The Morgan fingerprint density at radius 3 is 2.95 bits per heavy atom. The molecule has 1 aliphatic carbocycles. The number of nitrogens with zero attached hydrogens (tertiary/aromatic N) is 2. The van der Waals surface area contributed by atoms with E-state index in [9.17, 15) is 0 Å². The highest BCUT2D eigenvalue weighted by molar-refractivity contribution is 5.93. The van der Waals surface area contributed by atoms with Crippen molar-refractivity contribution in [3.63, 3.8) is 0 Å². The van der Waals surface area contributed by atoms with Crippen LogP contribution in [0.2, 0.25) is 0 Å². The predicted octanol–water partition coefficient (Wildman–Crippen LogP) is 2.55. The van der Waals surface area contributed by atoms with Crippen LogP contribution in [0.3, 0.4) is 0 Å². The lowest BCUT2D eigenvalue weighted by Gasteiger charge is -2.32. The molecule has 2 aliphatic heterocycles. The molecule has 1 saturated heterocycles. The van der Waals surface area contributed by atoms with Gasteiger partial charge >= 0.3 is 0 Å². The molecule has 2 unspecified atom stereocenters. The van der Waals surface area contributed by atoms with Gasteiger partial charge in [-0.05, 0) is 25.1 Å². The van der Waals surface area contributed by atoms with Crippen LogP contribution in [-0.2, 0) is 0 Å². The van der Waals surface area contributed by atoms with Crippen molar-refractivity contribution in [2.24, 2.45) is 10.9 Å². The number of amidine groups is 1. The van der Waals surface area contributed by atoms with Gasteiger partial charge in [0.25, 0.3) is 0 Å². The van der Waals surface area contributed by atoms with Crippen molar-refractivity contribution in [1.29, 1.82) is 0 Å². The third kappa shape index (κ3) is 2.55. The van der Waals surface area contributed by atoms with Crippen LogP contribution in [0.4, 0.5) is 11.4 Å². The van der Waals surface area contributed by atoms with Crippen molar-refractivity contribution < 1.29 is 0 Å². The second-order valence-corrected chi connectivity index (χ2v) is 6.04. The Labute approximate surface area is 131 Å². The van der Waals surface area contributed by atoms with Crippen molar-refractivity contribution in [2.45, 2.75) is 12.5 Å². The molecule has 114 valence electrons. The third-order valence-corrected chi connectivity index (χ3v) is 4.56. The Balaban J connectivity index is 1.76. The summed E-state index contributed by atoms with van der Waals surface area (Å²) in [5, 5.41) is 7.13. The number of allylic oxidation sites excluding steroid dienone is 2. The van der Waals surface area contributed by atoms with Crippen molar-refractivity contribution in [1.82, 2.24) is 10.2 Å². The van der Waals surface area contributed by atoms with Crippen LogP contribution >= 0.6 is 0 Å². The van der Waals surface area contributed by atoms with E-state index < -0.39 is 0 Å². The molecule has 0 bridgehead atoms. The molecule has 4 nitrogen and oxygen atoms in total. The van der Waals surface area contributed by atoms with E-state index in [1.54, 1.807) is 0 Å². The minimum atomic E-state index is 0.281. The fourth-order valence-electron chi connectivity index (χ4n) is 3.42. The van der Waals surface area contributed by atoms with Gasteiger partial charge in [0.1, 0.15) is 5.84 Å². The van der Waals surface area contributed by atoms with Gasteiger partial charge in [0.05, 0.1) is 23.3 Å². The first-order chi connectivity index (χ1) is 10.9. The summed E-state index contributed by atoms with van der Waals surface area (Å²) in [6.07, 6.45) is 9.97. The lowest BCUT2D eigenvalue weighted by molar-refractivity contribution is 0.423. The monoisotopic (exact) mass is 294 g/mol. The average Bonchev–Trinajstić information content (AvgIpc) is 2.91. The Morgan fingerprint density at radius 1 is 1.05 bits per heavy atom. The maximum Gasteiger partial charge on any atom is 0.114 e. The summed E-state index contributed by atoms with van der Waals surface area (Å²) in [5.74, 6) is 1.50. The lowest BCUT2D eigenvalue weighted by Crippen LogP contribution is -2.43. The summed E-state index contributed by atoms with van der Waals surface area (Å²) >= 11 is 0. The molecule has 22 heavy (non-hydrogen) atoms. The maximum absolute atomic E-state index is 5.06. The molecule has 0 aromatic heterocycles. The number of aliphatic imine (C=N–C) groups is 1. The molecule has 1 aromatic carbocycles. The second-order valence-electron chi connectivity index (χ2n) is 6.04. The first-order valence-electron chi connectivity index (χ1n) is 8.17. The molecule has 4 heteroatoms. The number of hydrogen-bond donors (Lipinski definition) is 2. The summed E-state index contributed by atoms with van der Waals surface area (Å²) in [6.45, 7) is 4.24. The van der Waals surface area contributed by atoms with Crippen molar-refractivity contribution >= 4 is 17.2 Å². The van der Waals surface area contributed by atoms with E-state index >= 15 is 0 Å². The first kappa shape index (κ1) is 13.6. The molecule has 1 fully saturated rings. The first-order valence-corrected chi connectivity index (χ1v) is 8.17. The molecule has 4 rings (SSSR count). The molecular weight excluding hydrogens is 272 g/mol. The van der Waals surface area contributed by atoms with Gasteiger partial charge in [-0.2, -0.15) is 0 Å². The van der Waals surface area contributed by atoms with E-state index in [-0.39, 0.29) is 6.04 Å². The minimum Gasteiger partial charge on any atom is -0.376 e. The topological polar surface area (TPSA) is 39.7 Å². The Morgan fingerprint density at radius 2 is 1.95 bits per heavy atom. The van der Waals surface area contributed by atoms with E-state index in [0.29, 0.717) is 5.92 Å². The normalized spacial score (nSPS) is 27.1. The second kappa shape index (κ2) is 5.97. The number of benzene rings is 1. The smallest absolute Gasteiger partial charge is 0.114 e. The Hall–Kier alpha value is -2.07. The number of rotatable bonds is 0. The van der Waals surface area contributed by atoms with Crippen molar-refractivity contribution in [2.75, 3.05) is 31.5 Å². The quantitative estimate of drug-likeness (QED) is 0.772. The van der Waals surface area contributed by atoms with E-state index in [2.05, 4.69) is 64.1 Å². The molecule has 3 aliphatic rings. The maximum atomic E-state index is 5.06. The van der Waals surface area contributed by atoms with Crippen LogP contribution in [0.15, 0.2) is 53.6 Å². The fourth-order valence-corrected chi connectivity index (χ4v) is 3.42. The number of anilines is 1. The number of hydrogen-bond acceptors (Lipinski definition) is 4. The molecule has 0 spiro atoms. The molecule has 0 radical (unpaired) electrons. The van der Waals surface area contributed by atoms with Crippen molar-refractivity contribution in [3.8, 4) is 0 Å². The van der Waals surface area contributed by atoms with Crippen molar-refractivity contribution in [3.05, 3.63) is 48.6 Å². The van der Waals surface area contributed by atoms with Gasteiger partial charge in [-0.1, -0.05) is 36.4 Å². The molecule has 0 saturated carbocycles. The lowest BCUT2D eigenvalue weighted by atomic mass is 9.93. The number of fused-ring (bicyclic) bond motifs is 2. The summed E-state index contributed by atoms with van der Waals surface area (Å²) in [4.78, 5) is 7.52. The molecule has 2 atom stereocenters. The number of nitrogens with one attached hydrogen (secondary N) is 2. The van der Waals surface area contributed by atoms with Gasteiger partial charge in [0.2, 0.25) is 0 Å². The zero-order valence-corrected chi connectivity index (χ0v) is 12.7. The van der Waals surface area contributed by atoms with Gasteiger partial charge in [-0.15, -0.1) is 0 Å². The summed E-state index contributed by atoms with van der Waals surface area (Å²) in [6, 6.07) is 8.63. The summed E-state index contributed by atoms with van der Waals surface area (Å²) in [7, 11) is 0.